The molecular formula is C14H9FNO. The molecule has 0 unspecified atom stereocenters. The molecule has 0 spiro atoms. The lowest BCUT2D eigenvalue weighted by Crippen LogP contribution is -1.93. The third-order valence-corrected chi connectivity index (χ3v) is 2.03. The molecule has 0 bridgehead atoms. The van der Waals surface area contributed by atoms with Crippen LogP contribution >= 0.6 is 0 Å². The van der Waals surface area contributed by atoms with Gasteiger partial charge in [-0.25, -0.2) is 9.37 Å². The molecule has 0 amide bonds. The molecule has 0 atom stereocenters. The van der Waals surface area contributed by atoms with E-state index in [4.69, 9.17) is 11.2 Å². The molecule has 0 saturated heterocycles. The highest BCUT2D eigenvalue weighted by atomic mass is 19.1. The molecule has 2 aromatic rings. The van der Waals surface area contributed by atoms with Gasteiger partial charge in [0.2, 0.25) is 5.88 Å². The number of ether oxygens (including phenoxy) is 1. The average molecular weight is 226 g/mol. The lowest BCUT2D eigenvalue weighted by atomic mass is 10.3. The standard InChI is InChI=1S/C14H9FNO/c1-2-6-11-7-5-10-14(16-11)17-13-9-4-3-8-12(13)15/h1,3-10H. The Morgan fingerprint density at radius 1 is 1.18 bits per heavy atom. The molecule has 17 heavy (non-hydrogen) atoms. The van der Waals surface area contributed by atoms with Crippen molar-refractivity contribution in [3.8, 4) is 24.0 Å². The molecule has 83 valence electrons. The van der Waals surface area contributed by atoms with E-state index in [1.165, 1.54) is 18.6 Å². The summed E-state index contributed by atoms with van der Waals surface area (Å²) in [5.74, 6) is 2.38. The predicted octanol–water partition coefficient (Wildman–Crippen LogP) is 3.20. The van der Waals surface area contributed by atoms with Gasteiger partial charge in [-0.1, -0.05) is 24.1 Å². The van der Waals surface area contributed by atoms with Crippen LogP contribution < -0.4 is 4.74 Å². The topological polar surface area (TPSA) is 22.1 Å². The molecule has 0 saturated carbocycles. The van der Waals surface area contributed by atoms with Crippen LogP contribution in [-0.4, -0.2) is 4.98 Å². The first-order valence-electron chi connectivity index (χ1n) is 4.98. The number of hydrogen-bond acceptors (Lipinski definition) is 2. The molecule has 3 heteroatoms. The van der Waals surface area contributed by atoms with Crippen molar-refractivity contribution in [2.75, 3.05) is 0 Å². The van der Waals surface area contributed by atoms with Crippen LogP contribution in [0, 0.1) is 24.6 Å². The Bertz CT molecular complexity index is 560. The third-order valence-electron chi connectivity index (χ3n) is 2.03. The van der Waals surface area contributed by atoms with Gasteiger partial charge >= 0.3 is 0 Å². The first kappa shape index (κ1) is 11.2. The molecule has 1 heterocycles. The number of hydrogen-bond donors (Lipinski definition) is 0. The summed E-state index contributed by atoms with van der Waals surface area (Å²) in [7, 11) is 0. The first-order valence-corrected chi connectivity index (χ1v) is 4.98. The summed E-state index contributed by atoms with van der Waals surface area (Å²) >= 11 is 0. The second kappa shape index (κ2) is 5.13. The molecule has 1 radical (unpaired) electrons. The van der Waals surface area contributed by atoms with Gasteiger partial charge in [-0.2, -0.15) is 0 Å². The zero-order valence-corrected chi connectivity index (χ0v) is 8.93. The van der Waals surface area contributed by atoms with E-state index in [-0.39, 0.29) is 5.75 Å². The second-order valence-corrected chi connectivity index (χ2v) is 3.24. The monoisotopic (exact) mass is 226 g/mol. The van der Waals surface area contributed by atoms with Crippen LogP contribution in [0.25, 0.3) is 0 Å². The third kappa shape index (κ3) is 2.82. The smallest absolute Gasteiger partial charge is 0.219 e. The zero-order valence-electron chi connectivity index (χ0n) is 8.93. The van der Waals surface area contributed by atoms with Gasteiger partial charge in [0.1, 0.15) is 0 Å². The largest absolute Gasteiger partial charge is 0.436 e. The highest BCUT2D eigenvalue weighted by Gasteiger charge is 2.04. The number of nitrogens with zero attached hydrogens (tertiary/aromatic N) is 1. The fourth-order valence-electron chi connectivity index (χ4n) is 1.29. The van der Waals surface area contributed by atoms with E-state index in [2.05, 4.69) is 10.9 Å². The number of terminal acetylenes is 1. The van der Waals surface area contributed by atoms with Crippen LogP contribution in [0.2, 0.25) is 0 Å². The number of benzene rings is 1. The van der Waals surface area contributed by atoms with E-state index >= 15 is 0 Å². The average Bonchev–Trinajstić information content (AvgIpc) is 2.33. The van der Waals surface area contributed by atoms with Crippen LogP contribution in [0.15, 0.2) is 42.5 Å². The SMILES string of the molecule is C#C[CH]c1cccc(Oc2ccccc2F)n1. The molecule has 2 rings (SSSR count). The highest BCUT2D eigenvalue weighted by molar-refractivity contribution is 5.31. The van der Waals surface area contributed by atoms with E-state index in [0.29, 0.717) is 11.6 Å². The normalized spacial score (nSPS) is 9.65. The maximum atomic E-state index is 13.3. The summed E-state index contributed by atoms with van der Waals surface area (Å²) in [5.41, 5.74) is 0.598. The lowest BCUT2D eigenvalue weighted by molar-refractivity contribution is 0.427. The fourth-order valence-corrected chi connectivity index (χ4v) is 1.29. The summed E-state index contributed by atoms with van der Waals surface area (Å²) in [6, 6.07) is 11.3. The van der Waals surface area contributed by atoms with Crippen molar-refractivity contribution in [2.24, 2.45) is 0 Å². The van der Waals surface area contributed by atoms with E-state index in [9.17, 15) is 4.39 Å². The van der Waals surface area contributed by atoms with Gasteiger partial charge in [0.25, 0.3) is 0 Å². The van der Waals surface area contributed by atoms with E-state index < -0.39 is 5.82 Å². The maximum absolute atomic E-state index is 13.3. The Labute approximate surface area is 99.1 Å². The van der Waals surface area contributed by atoms with E-state index in [1.807, 2.05) is 0 Å². The van der Waals surface area contributed by atoms with Crippen LogP contribution in [-0.2, 0) is 0 Å². The number of para-hydroxylation sites is 1. The fraction of sp³-hybridized carbons (Fsp3) is 0. The number of pyridine rings is 1. The molecular weight excluding hydrogens is 217 g/mol. The van der Waals surface area contributed by atoms with Crippen molar-refractivity contribution >= 4 is 0 Å². The van der Waals surface area contributed by atoms with Crippen molar-refractivity contribution in [2.45, 2.75) is 0 Å². The van der Waals surface area contributed by atoms with Gasteiger partial charge in [-0.05, 0) is 18.2 Å². The Hall–Kier alpha value is -2.34. The molecule has 1 aromatic heterocycles. The van der Waals surface area contributed by atoms with Gasteiger partial charge in [0.05, 0.1) is 12.1 Å². The van der Waals surface area contributed by atoms with E-state index in [1.54, 1.807) is 30.3 Å². The summed E-state index contributed by atoms with van der Waals surface area (Å²) in [6.07, 6.45) is 6.65. The quantitative estimate of drug-likeness (QED) is 0.750. The molecule has 1 aromatic carbocycles. The Morgan fingerprint density at radius 2 is 2.00 bits per heavy atom. The van der Waals surface area contributed by atoms with Crippen LogP contribution in [0.1, 0.15) is 5.69 Å². The van der Waals surface area contributed by atoms with Gasteiger partial charge in [0.15, 0.2) is 11.6 Å². The molecule has 0 N–H and O–H groups in total. The van der Waals surface area contributed by atoms with Gasteiger partial charge < -0.3 is 4.74 Å². The summed E-state index contributed by atoms with van der Waals surface area (Å²) < 4.78 is 18.7. The number of aromatic nitrogens is 1. The van der Waals surface area contributed by atoms with Crippen LogP contribution in [0.3, 0.4) is 0 Å². The molecule has 2 nitrogen and oxygen atoms in total. The zero-order chi connectivity index (χ0) is 12.1. The minimum Gasteiger partial charge on any atom is -0.436 e. The molecule has 0 aliphatic heterocycles. The molecule has 0 aliphatic carbocycles. The number of rotatable bonds is 3. The van der Waals surface area contributed by atoms with Crippen molar-refractivity contribution in [3.63, 3.8) is 0 Å². The predicted molar refractivity (Wildman–Crippen MR) is 62.9 cm³/mol. The molecule has 0 fully saturated rings. The van der Waals surface area contributed by atoms with Crippen LogP contribution in [0.4, 0.5) is 4.39 Å². The molecule has 0 aliphatic rings. The number of halogens is 1. The van der Waals surface area contributed by atoms with Crippen LogP contribution in [0.5, 0.6) is 11.6 Å². The summed E-state index contributed by atoms with van der Waals surface area (Å²) in [6.45, 7) is 0. The summed E-state index contributed by atoms with van der Waals surface area (Å²) in [4.78, 5) is 4.11. The van der Waals surface area contributed by atoms with Gasteiger partial charge in [0, 0.05) is 6.07 Å². The maximum Gasteiger partial charge on any atom is 0.219 e. The second-order valence-electron chi connectivity index (χ2n) is 3.24. The van der Waals surface area contributed by atoms with Gasteiger partial charge in [-0.15, -0.1) is 6.42 Å². The minimum absolute atomic E-state index is 0.137. The Morgan fingerprint density at radius 3 is 2.76 bits per heavy atom. The minimum atomic E-state index is -0.430. The first-order chi connectivity index (χ1) is 8.29. The van der Waals surface area contributed by atoms with Crippen molar-refractivity contribution in [1.29, 1.82) is 0 Å². The Balaban J connectivity index is 2.22. The van der Waals surface area contributed by atoms with Crippen molar-refractivity contribution in [1.82, 2.24) is 4.98 Å². The Kier molecular flexibility index (Phi) is 3.37. The van der Waals surface area contributed by atoms with E-state index in [0.717, 1.165) is 0 Å². The van der Waals surface area contributed by atoms with Gasteiger partial charge in [-0.3, -0.25) is 0 Å². The van der Waals surface area contributed by atoms with Crippen molar-refractivity contribution in [3.05, 3.63) is 60.4 Å². The van der Waals surface area contributed by atoms with Crippen molar-refractivity contribution < 1.29 is 9.13 Å². The lowest BCUT2D eigenvalue weighted by Gasteiger charge is -2.06. The summed E-state index contributed by atoms with van der Waals surface area (Å²) in [5, 5.41) is 0. The highest BCUT2D eigenvalue weighted by Crippen LogP contribution is 2.22.